The van der Waals surface area contributed by atoms with Gasteiger partial charge >= 0.3 is 12.0 Å². The third-order valence-corrected chi connectivity index (χ3v) is 8.43. The number of nitrogens with one attached hydrogen (secondary N) is 1. The molecule has 4 rings (SSSR count). The summed E-state index contributed by atoms with van der Waals surface area (Å²) in [6.45, 7) is 6.29. The van der Waals surface area contributed by atoms with Crippen LogP contribution in [0.2, 0.25) is 0 Å². The lowest BCUT2D eigenvalue weighted by Crippen LogP contribution is -2.50. The van der Waals surface area contributed by atoms with Crippen LogP contribution in [0.25, 0.3) is 0 Å². The Morgan fingerprint density at radius 2 is 1.89 bits per heavy atom. The molecule has 0 saturated heterocycles. The zero-order valence-corrected chi connectivity index (χ0v) is 17.3. The summed E-state index contributed by atoms with van der Waals surface area (Å²) in [4.78, 5) is 22.5. The lowest BCUT2D eigenvalue weighted by atomic mass is 9.48. The third kappa shape index (κ3) is 3.05. The smallest absolute Gasteiger partial charge is 0.332 e. The van der Waals surface area contributed by atoms with Gasteiger partial charge in [-0.15, -0.1) is 0 Å². The van der Waals surface area contributed by atoms with Crippen LogP contribution in [-0.4, -0.2) is 23.8 Å². The fourth-order valence-corrected chi connectivity index (χ4v) is 7.06. The van der Waals surface area contributed by atoms with E-state index >= 15 is 0 Å². The number of allylic oxidation sites excluding steroid dienone is 1. The van der Waals surface area contributed by atoms with Gasteiger partial charge in [0, 0.05) is 24.5 Å². The Bertz CT molecular complexity index is 745. The molecular formula is C22H33N3O3. The van der Waals surface area contributed by atoms with Gasteiger partial charge < -0.3 is 10.5 Å². The number of hydrazone groups is 1. The van der Waals surface area contributed by atoms with Gasteiger partial charge in [-0.1, -0.05) is 25.5 Å². The summed E-state index contributed by atoms with van der Waals surface area (Å²) in [6, 6.07) is -0.587. The number of primary amides is 1. The molecule has 3 N–H and O–H groups in total. The molecule has 3 saturated carbocycles. The summed E-state index contributed by atoms with van der Waals surface area (Å²) in [7, 11) is 0. The largest absolute Gasteiger partial charge is 0.462 e. The fourth-order valence-electron chi connectivity index (χ4n) is 7.06. The molecule has 0 aromatic rings. The molecule has 28 heavy (non-hydrogen) atoms. The molecule has 0 aliphatic heterocycles. The average Bonchev–Trinajstić information content (AvgIpc) is 2.96. The summed E-state index contributed by atoms with van der Waals surface area (Å²) in [6.07, 6.45) is 11.0. The van der Waals surface area contributed by atoms with Crippen molar-refractivity contribution in [2.45, 2.75) is 78.2 Å². The van der Waals surface area contributed by atoms with Gasteiger partial charge in [-0.25, -0.2) is 10.2 Å². The molecule has 0 bridgehead atoms. The monoisotopic (exact) mass is 387 g/mol. The van der Waals surface area contributed by atoms with E-state index < -0.39 is 6.03 Å². The number of hydrogen-bond donors (Lipinski definition) is 2. The number of nitrogens with two attached hydrogens (primary N) is 1. The van der Waals surface area contributed by atoms with Crippen LogP contribution in [0.15, 0.2) is 16.8 Å². The Morgan fingerprint density at radius 1 is 1.18 bits per heavy atom. The number of carbonyl (C=O) groups excluding carboxylic acids is 2. The highest BCUT2D eigenvalue weighted by Crippen LogP contribution is 2.64. The number of carbonyl (C=O) groups is 2. The maximum absolute atomic E-state index is 11.4. The third-order valence-electron chi connectivity index (χ3n) is 8.43. The summed E-state index contributed by atoms with van der Waals surface area (Å²) >= 11 is 0. The Labute approximate surface area is 167 Å². The maximum Gasteiger partial charge on any atom is 0.332 e. The molecule has 3 fully saturated rings. The van der Waals surface area contributed by atoms with Crippen LogP contribution in [0.1, 0.15) is 72.1 Å². The molecule has 154 valence electrons. The molecule has 0 aromatic carbocycles. The highest BCUT2D eigenvalue weighted by molar-refractivity contribution is 5.93. The van der Waals surface area contributed by atoms with Crippen molar-refractivity contribution in [3.8, 4) is 0 Å². The average molecular weight is 388 g/mol. The number of urea groups is 1. The second-order valence-electron chi connectivity index (χ2n) is 9.76. The van der Waals surface area contributed by atoms with Crippen molar-refractivity contribution < 1.29 is 14.3 Å². The highest BCUT2D eigenvalue weighted by atomic mass is 16.5. The van der Waals surface area contributed by atoms with Gasteiger partial charge in [-0.3, -0.25) is 4.79 Å². The van der Waals surface area contributed by atoms with Crippen molar-refractivity contribution in [1.82, 2.24) is 5.43 Å². The molecule has 4 aliphatic rings. The predicted octanol–water partition coefficient (Wildman–Crippen LogP) is 3.91. The van der Waals surface area contributed by atoms with E-state index in [0.717, 1.165) is 50.7 Å². The van der Waals surface area contributed by atoms with Crippen LogP contribution in [0.3, 0.4) is 0 Å². The molecule has 2 amide bonds. The van der Waals surface area contributed by atoms with Crippen molar-refractivity contribution in [2.24, 2.45) is 39.4 Å². The lowest BCUT2D eigenvalue weighted by Gasteiger charge is -2.57. The Morgan fingerprint density at radius 3 is 2.61 bits per heavy atom. The van der Waals surface area contributed by atoms with E-state index in [1.54, 1.807) is 0 Å². The molecule has 0 heterocycles. The first-order valence-electron chi connectivity index (χ1n) is 10.7. The van der Waals surface area contributed by atoms with Crippen LogP contribution in [0.4, 0.5) is 4.79 Å². The van der Waals surface area contributed by atoms with Crippen molar-refractivity contribution >= 4 is 17.7 Å². The molecule has 6 nitrogen and oxygen atoms in total. The van der Waals surface area contributed by atoms with Gasteiger partial charge in [0.15, 0.2) is 0 Å². The number of rotatable bonds is 2. The molecule has 4 unspecified atom stereocenters. The normalized spacial score (nSPS) is 43.4. The van der Waals surface area contributed by atoms with Crippen LogP contribution in [-0.2, 0) is 9.53 Å². The van der Waals surface area contributed by atoms with E-state index in [2.05, 4.69) is 30.5 Å². The minimum absolute atomic E-state index is 0.0484. The molecule has 6 heteroatoms. The van der Waals surface area contributed by atoms with Crippen molar-refractivity contribution in [2.75, 3.05) is 0 Å². The molecule has 6 atom stereocenters. The van der Waals surface area contributed by atoms with E-state index in [0.29, 0.717) is 17.8 Å². The van der Waals surface area contributed by atoms with Gasteiger partial charge in [0.05, 0.1) is 0 Å². The first-order chi connectivity index (χ1) is 13.2. The number of ether oxygens (including phenoxy) is 1. The second-order valence-corrected chi connectivity index (χ2v) is 9.76. The topological polar surface area (TPSA) is 93.8 Å². The van der Waals surface area contributed by atoms with Crippen LogP contribution < -0.4 is 11.2 Å². The van der Waals surface area contributed by atoms with Crippen LogP contribution in [0.5, 0.6) is 0 Å². The van der Waals surface area contributed by atoms with Crippen molar-refractivity contribution in [3.05, 3.63) is 11.6 Å². The first kappa shape index (κ1) is 19.5. The number of fused-ring (bicyclic) bond motifs is 5. The minimum Gasteiger partial charge on any atom is -0.462 e. The summed E-state index contributed by atoms with van der Waals surface area (Å²) in [5.74, 6) is 1.80. The lowest BCUT2D eigenvalue weighted by molar-refractivity contribution is -0.148. The first-order valence-corrected chi connectivity index (χ1v) is 10.7. The molecule has 0 spiro atoms. The fraction of sp³-hybridized carbons (Fsp3) is 0.773. The van der Waals surface area contributed by atoms with E-state index in [-0.39, 0.29) is 22.9 Å². The van der Waals surface area contributed by atoms with Crippen LogP contribution in [0, 0.1) is 28.6 Å². The second kappa shape index (κ2) is 6.89. The number of nitrogens with zero attached hydrogens (tertiary/aromatic N) is 1. The molecular weight excluding hydrogens is 354 g/mol. The number of hydrogen-bond acceptors (Lipinski definition) is 4. The zero-order chi connectivity index (χ0) is 20.1. The van der Waals surface area contributed by atoms with Gasteiger partial charge in [0.2, 0.25) is 0 Å². The molecule has 0 aromatic heterocycles. The van der Waals surface area contributed by atoms with Crippen molar-refractivity contribution in [3.63, 3.8) is 0 Å². The van der Waals surface area contributed by atoms with E-state index in [9.17, 15) is 9.59 Å². The Hall–Kier alpha value is -1.85. The highest BCUT2D eigenvalue weighted by Gasteiger charge is 2.58. The van der Waals surface area contributed by atoms with Gasteiger partial charge in [0.1, 0.15) is 6.10 Å². The Kier molecular flexibility index (Phi) is 4.79. The molecule has 0 radical (unpaired) electrons. The van der Waals surface area contributed by atoms with Gasteiger partial charge in [0.25, 0.3) is 0 Å². The van der Waals surface area contributed by atoms with Crippen molar-refractivity contribution in [1.29, 1.82) is 0 Å². The maximum atomic E-state index is 11.4. The van der Waals surface area contributed by atoms with Crippen LogP contribution >= 0.6 is 0 Å². The van der Waals surface area contributed by atoms with Gasteiger partial charge in [-0.2, -0.15) is 5.10 Å². The summed E-state index contributed by atoms with van der Waals surface area (Å²) < 4.78 is 5.53. The zero-order valence-electron chi connectivity index (χ0n) is 17.3. The van der Waals surface area contributed by atoms with E-state index in [4.69, 9.17) is 10.5 Å². The SMILES string of the molecule is CC(=O)OC1CC[C@@]2(C)C(=CCC3C2CC[C@]2(C)C(=NNC(N)=O)CCC32)C1. The predicted molar refractivity (Wildman–Crippen MR) is 107 cm³/mol. The van der Waals surface area contributed by atoms with E-state index in [1.807, 2.05) is 0 Å². The van der Waals surface area contributed by atoms with E-state index in [1.165, 1.54) is 18.9 Å². The number of amides is 2. The Balaban J connectivity index is 1.56. The van der Waals surface area contributed by atoms with Gasteiger partial charge in [-0.05, 0) is 68.1 Å². The minimum atomic E-state index is -0.587. The quantitative estimate of drug-likeness (QED) is 0.427. The molecule has 4 aliphatic carbocycles. The summed E-state index contributed by atoms with van der Waals surface area (Å²) in [5, 5.41) is 4.38. The standard InChI is InChI=1S/C22H33N3O3/c1-13(26)28-15-8-10-21(2)14(12-15)4-5-16-17-6-7-19(24-25-20(23)27)22(17,3)11-9-18(16)21/h4,15-18H,5-12H2,1-3H3,(H3,23,25,27)/t15?,16?,17?,18?,21-,22-/m0/s1. The summed E-state index contributed by atoms with van der Waals surface area (Å²) in [5.41, 5.74) is 10.6. The number of esters is 1.